The van der Waals surface area contributed by atoms with Crippen molar-refractivity contribution in [1.29, 1.82) is 0 Å². The Morgan fingerprint density at radius 3 is 2.81 bits per heavy atom. The zero-order chi connectivity index (χ0) is 11.7. The van der Waals surface area contributed by atoms with Crippen molar-refractivity contribution in [2.45, 2.75) is 0 Å². The van der Waals surface area contributed by atoms with Crippen molar-refractivity contribution >= 4 is 32.8 Å². The molecule has 0 aliphatic rings. The first-order valence-corrected chi connectivity index (χ1v) is 5.26. The average molecular weight is 284 g/mol. The number of ether oxygens (including phenoxy) is 1. The maximum atomic E-state index is 13.5. The lowest BCUT2D eigenvalue weighted by atomic mass is 10.2. The van der Waals surface area contributed by atoms with Crippen molar-refractivity contribution in [3.05, 3.63) is 40.2 Å². The van der Waals surface area contributed by atoms with E-state index in [1.165, 1.54) is 19.2 Å². The predicted octanol–water partition coefficient (Wildman–Crippen LogP) is 2.92. The Labute approximate surface area is 99.4 Å². The minimum absolute atomic E-state index is 0.0898. The summed E-state index contributed by atoms with van der Waals surface area (Å²) < 4.78 is 18.7. The maximum Gasteiger partial charge on any atom is 0.356 e. The van der Waals surface area contributed by atoms with Crippen LogP contribution in [0, 0.1) is 5.82 Å². The number of rotatable bonds is 1. The fourth-order valence-corrected chi connectivity index (χ4v) is 1.82. The topological polar surface area (TPSA) is 39.2 Å². The highest BCUT2D eigenvalue weighted by Crippen LogP contribution is 2.25. The van der Waals surface area contributed by atoms with Crippen LogP contribution >= 0.6 is 15.9 Å². The summed E-state index contributed by atoms with van der Waals surface area (Å²) in [4.78, 5) is 15.2. The number of aromatic nitrogens is 1. The van der Waals surface area contributed by atoms with Crippen LogP contribution in [0.4, 0.5) is 4.39 Å². The van der Waals surface area contributed by atoms with E-state index in [9.17, 15) is 9.18 Å². The lowest BCUT2D eigenvalue weighted by Crippen LogP contribution is -2.04. The zero-order valence-electron chi connectivity index (χ0n) is 8.33. The number of halogens is 2. The second-order valence-electron chi connectivity index (χ2n) is 3.11. The molecule has 0 bridgehead atoms. The van der Waals surface area contributed by atoms with Gasteiger partial charge in [0.2, 0.25) is 0 Å². The molecule has 2 rings (SSSR count). The number of carbonyl (C=O) groups is 1. The lowest BCUT2D eigenvalue weighted by molar-refractivity contribution is 0.0594. The normalized spacial score (nSPS) is 10.4. The first-order chi connectivity index (χ1) is 7.63. The smallest absolute Gasteiger partial charge is 0.356 e. The summed E-state index contributed by atoms with van der Waals surface area (Å²) >= 11 is 3.29. The maximum absolute atomic E-state index is 13.5. The molecule has 16 heavy (non-hydrogen) atoms. The molecule has 0 N–H and O–H groups in total. The Hall–Kier alpha value is -1.49. The van der Waals surface area contributed by atoms with Crippen LogP contribution in [-0.4, -0.2) is 18.1 Å². The van der Waals surface area contributed by atoms with Gasteiger partial charge in [-0.1, -0.05) is 15.9 Å². The van der Waals surface area contributed by atoms with E-state index in [2.05, 4.69) is 25.7 Å². The van der Waals surface area contributed by atoms with Gasteiger partial charge in [0, 0.05) is 9.86 Å². The fourth-order valence-electron chi connectivity index (χ4n) is 1.37. The third-order valence-electron chi connectivity index (χ3n) is 2.15. The van der Waals surface area contributed by atoms with E-state index in [1.54, 1.807) is 12.1 Å². The fraction of sp³-hybridized carbons (Fsp3) is 0.0909. The van der Waals surface area contributed by atoms with E-state index in [0.29, 0.717) is 5.39 Å². The summed E-state index contributed by atoms with van der Waals surface area (Å²) in [6.07, 6.45) is 0. The molecule has 0 saturated carbocycles. The molecule has 0 radical (unpaired) electrons. The molecule has 1 aromatic carbocycles. The Morgan fingerprint density at radius 1 is 1.38 bits per heavy atom. The second-order valence-corrected chi connectivity index (χ2v) is 3.97. The number of carbonyl (C=O) groups excluding carboxylic acids is 1. The van der Waals surface area contributed by atoms with Crippen molar-refractivity contribution in [2.24, 2.45) is 0 Å². The van der Waals surface area contributed by atoms with Crippen LogP contribution in [0.1, 0.15) is 10.5 Å². The van der Waals surface area contributed by atoms with Crippen molar-refractivity contribution in [1.82, 2.24) is 4.98 Å². The van der Waals surface area contributed by atoms with Crippen molar-refractivity contribution in [3.63, 3.8) is 0 Å². The monoisotopic (exact) mass is 283 g/mol. The van der Waals surface area contributed by atoms with E-state index in [0.717, 1.165) is 4.47 Å². The van der Waals surface area contributed by atoms with Crippen LogP contribution in [0.5, 0.6) is 0 Å². The number of fused-ring (bicyclic) bond motifs is 1. The average Bonchev–Trinajstić information content (AvgIpc) is 2.32. The van der Waals surface area contributed by atoms with Crippen molar-refractivity contribution < 1.29 is 13.9 Å². The van der Waals surface area contributed by atoms with Gasteiger partial charge in [-0.3, -0.25) is 0 Å². The molecule has 3 nitrogen and oxygen atoms in total. The first-order valence-electron chi connectivity index (χ1n) is 4.46. The molecule has 0 saturated heterocycles. The largest absolute Gasteiger partial charge is 0.464 e. The van der Waals surface area contributed by atoms with Crippen LogP contribution in [-0.2, 0) is 4.74 Å². The van der Waals surface area contributed by atoms with E-state index < -0.39 is 11.8 Å². The van der Waals surface area contributed by atoms with Crippen molar-refractivity contribution in [2.75, 3.05) is 7.11 Å². The molecule has 0 spiro atoms. The lowest BCUT2D eigenvalue weighted by Gasteiger charge is -2.03. The third-order valence-corrected chi connectivity index (χ3v) is 2.84. The molecule has 0 aliphatic heterocycles. The standard InChI is InChI=1S/C11H7BrFNO2/c1-16-11(15)9-5-2-6-7(12)3-4-8(13)10(6)14-9/h2-5H,1H3. The highest BCUT2D eigenvalue weighted by Gasteiger charge is 2.11. The zero-order valence-corrected chi connectivity index (χ0v) is 9.92. The van der Waals surface area contributed by atoms with Crippen molar-refractivity contribution in [3.8, 4) is 0 Å². The molecule has 82 valence electrons. The molecule has 5 heteroatoms. The summed E-state index contributed by atoms with van der Waals surface area (Å²) in [6, 6.07) is 6.01. The van der Waals surface area contributed by atoms with Gasteiger partial charge < -0.3 is 4.74 Å². The summed E-state index contributed by atoms with van der Waals surface area (Å²) in [5.74, 6) is -1.05. The van der Waals surface area contributed by atoms with Crippen LogP contribution in [0.2, 0.25) is 0 Å². The Balaban J connectivity index is 2.70. The number of hydrogen-bond acceptors (Lipinski definition) is 3. The predicted molar refractivity (Wildman–Crippen MR) is 60.7 cm³/mol. The van der Waals surface area contributed by atoms with Gasteiger partial charge >= 0.3 is 5.97 Å². The van der Waals surface area contributed by atoms with Gasteiger partial charge in [-0.2, -0.15) is 0 Å². The van der Waals surface area contributed by atoms with E-state index in [4.69, 9.17) is 0 Å². The van der Waals surface area contributed by atoms with Gasteiger partial charge in [0.05, 0.1) is 7.11 Å². The Bertz CT molecular complexity index is 571. The molecule has 0 unspecified atom stereocenters. The summed E-state index contributed by atoms with van der Waals surface area (Å²) in [7, 11) is 1.26. The SMILES string of the molecule is COC(=O)c1ccc2c(Br)ccc(F)c2n1. The van der Waals surface area contributed by atoms with Crippen LogP contribution in [0.15, 0.2) is 28.7 Å². The molecule has 2 aromatic rings. The van der Waals surface area contributed by atoms with Gasteiger partial charge in [0.15, 0.2) is 0 Å². The van der Waals surface area contributed by atoms with E-state index >= 15 is 0 Å². The highest BCUT2D eigenvalue weighted by atomic mass is 79.9. The Morgan fingerprint density at radius 2 is 2.12 bits per heavy atom. The van der Waals surface area contributed by atoms with Crippen LogP contribution in [0.25, 0.3) is 10.9 Å². The Kier molecular flexibility index (Phi) is 2.87. The van der Waals surface area contributed by atoms with E-state index in [-0.39, 0.29) is 11.2 Å². The molecule has 0 atom stereocenters. The van der Waals surface area contributed by atoms with E-state index in [1.807, 2.05) is 0 Å². The first kappa shape index (κ1) is 11.0. The molecular formula is C11H7BrFNO2. The number of hydrogen-bond donors (Lipinski definition) is 0. The van der Waals surface area contributed by atoms with Gasteiger partial charge in [0.1, 0.15) is 17.0 Å². The quantitative estimate of drug-likeness (QED) is 0.756. The minimum Gasteiger partial charge on any atom is -0.464 e. The van der Waals surface area contributed by atoms with Gasteiger partial charge in [-0.05, 0) is 24.3 Å². The molecule has 0 amide bonds. The number of pyridine rings is 1. The summed E-state index contributed by atoms with van der Waals surface area (Å²) in [6.45, 7) is 0. The summed E-state index contributed by atoms with van der Waals surface area (Å²) in [5, 5.41) is 0.618. The van der Waals surface area contributed by atoms with Crippen LogP contribution in [0.3, 0.4) is 0 Å². The van der Waals surface area contributed by atoms with Gasteiger partial charge in [-0.25, -0.2) is 14.2 Å². The van der Waals surface area contributed by atoms with Gasteiger partial charge in [-0.15, -0.1) is 0 Å². The molecule has 0 fully saturated rings. The molecule has 0 aliphatic carbocycles. The highest BCUT2D eigenvalue weighted by molar-refractivity contribution is 9.10. The minimum atomic E-state index is -0.582. The molecular weight excluding hydrogens is 277 g/mol. The number of nitrogens with zero attached hydrogens (tertiary/aromatic N) is 1. The molecule has 1 heterocycles. The molecule has 1 aromatic heterocycles. The number of esters is 1. The number of methoxy groups -OCH3 is 1. The third kappa shape index (κ3) is 1.78. The summed E-state index contributed by atoms with van der Waals surface area (Å²) in [5.41, 5.74) is 0.240. The number of benzene rings is 1. The van der Waals surface area contributed by atoms with Gasteiger partial charge in [0.25, 0.3) is 0 Å². The second kappa shape index (κ2) is 4.17. The van der Waals surface area contributed by atoms with Crippen LogP contribution < -0.4 is 0 Å².